The molecule has 1 aliphatic rings. The van der Waals surface area contributed by atoms with E-state index in [9.17, 15) is 0 Å². The molecule has 2 rings (SSSR count). The van der Waals surface area contributed by atoms with Crippen LogP contribution in [0.2, 0.25) is 0 Å². The number of aromatic nitrogens is 2. The zero-order chi connectivity index (χ0) is 9.97. The fraction of sp³-hybridized carbons (Fsp3) is 0.556. The molecule has 0 aromatic carbocycles. The van der Waals surface area contributed by atoms with Gasteiger partial charge in [-0.3, -0.25) is 0 Å². The maximum Gasteiger partial charge on any atom is 0.147 e. The van der Waals surface area contributed by atoms with Crippen molar-refractivity contribution in [2.24, 2.45) is 0 Å². The van der Waals surface area contributed by atoms with Crippen LogP contribution in [0.1, 0.15) is 6.42 Å². The molecule has 0 bridgehead atoms. The summed E-state index contributed by atoms with van der Waals surface area (Å²) >= 11 is 3.27. The van der Waals surface area contributed by atoms with Gasteiger partial charge < -0.3 is 10.2 Å². The molecular formula is C9H13BrN4. The van der Waals surface area contributed by atoms with E-state index in [2.05, 4.69) is 43.2 Å². The molecule has 1 N–H and O–H groups in total. The molecule has 0 spiro atoms. The molecule has 1 unspecified atom stereocenters. The summed E-state index contributed by atoms with van der Waals surface area (Å²) in [6.45, 7) is 2.13. The number of likely N-dealkylation sites (N-methyl/N-ethyl adjacent to an activating group) is 1. The topological polar surface area (TPSA) is 41.1 Å². The molecule has 1 saturated heterocycles. The number of rotatable bonds is 2. The van der Waals surface area contributed by atoms with Gasteiger partial charge in [-0.2, -0.15) is 0 Å². The number of nitrogens with one attached hydrogen (secondary N) is 1. The summed E-state index contributed by atoms with van der Waals surface area (Å²) in [5.41, 5.74) is 0. The summed E-state index contributed by atoms with van der Waals surface area (Å²) in [6.07, 6.45) is 4.70. The third-order valence-corrected chi connectivity index (χ3v) is 2.96. The molecule has 4 nitrogen and oxygen atoms in total. The third kappa shape index (κ3) is 2.04. The van der Waals surface area contributed by atoms with Crippen molar-refractivity contribution in [3.8, 4) is 0 Å². The van der Waals surface area contributed by atoms with E-state index in [0.717, 1.165) is 23.5 Å². The molecule has 0 amide bonds. The number of halogens is 1. The highest BCUT2D eigenvalue weighted by Gasteiger charge is 2.20. The van der Waals surface area contributed by atoms with Crippen LogP contribution in [0, 0.1) is 0 Å². The van der Waals surface area contributed by atoms with Crippen LogP contribution in [0.25, 0.3) is 0 Å². The molecule has 0 radical (unpaired) electrons. The lowest BCUT2D eigenvalue weighted by Gasteiger charge is -2.24. The lowest BCUT2D eigenvalue weighted by Crippen LogP contribution is -2.33. The second kappa shape index (κ2) is 4.23. The maximum atomic E-state index is 4.31. The van der Waals surface area contributed by atoms with E-state index in [1.165, 1.54) is 6.42 Å². The van der Waals surface area contributed by atoms with Gasteiger partial charge in [-0.15, -0.1) is 0 Å². The Morgan fingerprint density at radius 2 is 2.36 bits per heavy atom. The van der Waals surface area contributed by atoms with Crippen LogP contribution >= 0.6 is 15.9 Å². The van der Waals surface area contributed by atoms with Gasteiger partial charge in [0.2, 0.25) is 0 Å². The van der Waals surface area contributed by atoms with Crippen LogP contribution in [0.5, 0.6) is 0 Å². The zero-order valence-corrected chi connectivity index (χ0v) is 9.66. The molecule has 1 fully saturated rings. The van der Waals surface area contributed by atoms with Crippen LogP contribution in [0.3, 0.4) is 0 Å². The average molecular weight is 257 g/mol. The first-order valence-corrected chi connectivity index (χ1v) is 5.48. The molecule has 0 aliphatic carbocycles. The van der Waals surface area contributed by atoms with Crippen molar-refractivity contribution >= 4 is 21.7 Å². The smallest absolute Gasteiger partial charge is 0.147 e. The molecule has 5 heteroatoms. The van der Waals surface area contributed by atoms with E-state index in [1.807, 2.05) is 0 Å². The Morgan fingerprint density at radius 1 is 1.50 bits per heavy atom. The van der Waals surface area contributed by atoms with Crippen LogP contribution in [0.4, 0.5) is 5.82 Å². The number of anilines is 1. The third-order valence-electron chi connectivity index (χ3n) is 2.55. The van der Waals surface area contributed by atoms with Gasteiger partial charge in [-0.05, 0) is 28.9 Å². The summed E-state index contributed by atoms with van der Waals surface area (Å²) < 4.78 is 0.777. The van der Waals surface area contributed by atoms with Gasteiger partial charge in [0, 0.05) is 19.6 Å². The first kappa shape index (κ1) is 9.86. The van der Waals surface area contributed by atoms with E-state index in [0.29, 0.717) is 6.04 Å². The Labute approximate surface area is 91.9 Å². The average Bonchev–Trinajstić information content (AvgIpc) is 2.71. The molecule has 76 valence electrons. The quantitative estimate of drug-likeness (QED) is 0.859. The molecular weight excluding hydrogens is 244 g/mol. The highest BCUT2D eigenvalue weighted by Crippen LogP contribution is 2.15. The van der Waals surface area contributed by atoms with Crippen molar-refractivity contribution in [1.82, 2.24) is 15.3 Å². The van der Waals surface area contributed by atoms with Gasteiger partial charge in [-0.25, -0.2) is 9.97 Å². The largest absolute Gasteiger partial charge is 0.354 e. The Balaban J connectivity index is 2.09. The lowest BCUT2D eigenvalue weighted by atomic mass is 10.2. The minimum absolute atomic E-state index is 0.547. The van der Waals surface area contributed by atoms with Crippen molar-refractivity contribution in [1.29, 1.82) is 0 Å². The Hall–Kier alpha value is -0.680. The fourth-order valence-electron chi connectivity index (χ4n) is 1.64. The lowest BCUT2D eigenvalue weighted by molar-refractivity contribution is 0.676. The van der Waals surface area contributed by atoms with Gasteiger partial charge in [-0.1, -0.05) is 0 Å². The molecule has 1 aromatic rings. The van der Waals surface area contributed by atoms with E-state index < -0.39 is 0 Å². The van der Waals surface area contributed by atoms with Crippen LogP contribution in [-0.4, -0.2) is 36.1 Å². The fourth-order valence-corrected chi connectivity index (χ4v) is 1.85. The Morgan fingerprint density at radius 3 is 2.93 bits per heavy atom. The van der Waals surface area contributed by atoms with E-state index in [4.69, 9.17) is 0 Å². The zero-order valence-electron chi connectivity index (χ0n) is 8.07. The minimum atomic E-state index is 0.547. The molecule has 0 saturated carbocycles. The van der Waals surface area contributed by atoms with Crippen molar-refractivity contribution in [3.05, 3.63) is 17.0 Å². The van der Waals surface area contributed by atoms with Crippen LogP contribution in [0.15, 0.2) is 17.0 Å². The monoisotopic (exact) mass is 256 g/mol. The minimum Gasteiger partial charge on any atom is -0.354 e. The van der Waals surface area contributed by atoms with Crippen molar-refractivity contribution in [2.75, 3.05) is 25.0 Å². The molecule has 1 aromatic heterocycles. The molecule has 14 heavy (non-hydrogen) atoms. The summed E-state index contributed by atoms with van der Waals surface area (Å²) in [7, 11) is 2.07. The summed E-state index contributed by atoms with van der Waals surface area (Å²) in [5.74, 6) is 0.932. The first-order valence-electron chi connectivity index (χ1n) is 4.68. The summed E-state index contributed by atoms with van der Waals surface area (Å²) in [5, 5.41) is 3.34. The number of hydrogen-bond donors (Lipinski definition) is 1. The normalized spacial score (nSPS) is 21.1. The van der Waals surface area contributed by atoms with E-state index in [1.54, 1.807) is 12.4 Å². The molecule has 1 aliphatic heterocycles. The maximum absolute atomic E-state index is 4.31. The highest BCUT2D eigenvalue weighted by atomic mass is 79.9. The van der Waals surface area contributed by atoms with Gasteiger partial charge in [0.1, 0.15) is 10.4 Å². The van der Waals surface area contributed by atoms with Gasteiger partial charge in [0.25, 0.3) is 0 Å². The standard InChI is InChI=1S/C9H13BrN4/c1-14(7-2-3-11-4-7)9-6-12-8(10)5-13-9/h5-7,11H,2-4H2,1H3. The van der Waals surface area contributed by atoms with Crippen molar-refractivity contribution < 1.29 is 0 Å². The number of nitrogens with zero attached hydrogens (tertiary/aromatic N) is 3. The Bertz CT molecular complexity index is 294. The predicted octanol–water partition coefficient (Wildman–Crippen LogP) is 1.04. The van der Waals surface area contributed by atoms with Gasteiger partial charge >= 0.3 is 0 Å². The molecule has 2 heterocycles. The predicted molar refractivity (Wildman–Crippen MR) is 59.4 cm³/mol. The van der Waals surface area contributed by atoms with E-state index >= 15 is 0 Å². The van der Waals surface area contributed by atoms with Crippen LogP contribution in [-0.2, 0) is 0 Å². The second-order valence-electron chi connectivity index (χ2n) is 3.45. The van der Waals surface area contributed by atoms with Gasteiger partial charge in [0.05, 0.1) is 12.4 Å². The Kier molecular flexibility index (Phi) is 2.98. The van der Waals surface area contributed by atoms with Crippen molar-refractivity contribution in [3.63, 3.8) is 0 Å². The number of hydrogen-bond acceptors (Lipinski definition) is 4. The molecule has 1 atom stereocenters. The van der Waals surface area contributed by atoms with Crippen molar-refractivity contribution in [2.45, 2.75) is 12.5 Å². The van der Waals surface area contributed by atoms with E-state index in [-0.39, 0.29) is 0 Å². The highest BCUT2D eigenvalue weighted by molar-refractivity contribution is 9.10. The summed E-state index contributed by atoms with van der Waals surface area (Å²) in [4.78, 5) is 10.7. The summed E-state index contributed by atoms with van der Waals surface area (Å²) in [6, 6.07) is 0.547. The van der Waals surface area contributed by atoms with Crippen LogP contribution < -0.4 is 10.2 Å². The van der Waals surface area contributed by atoms with Gasteiger partial charge in [0.15, 0.2) is 0 Å². The first-order chi connectivity index (χ1) is 6.77. The SMILES string of the molecule is CN(c1cnc(Br)cn1)C1CCNC1. The second-order valence-corrected chi connectivity index (χ2v) is 4.27.